The van der Waals surface area contributed by atoms with E-state index < -0.39 is 10.0 Å². The molecule has 1 aromatic carbocycles. The Morgan fingerprint density at radius 1 is 1.12 bits per heavy atom. The van der Waals surface area contributed by atoms with Crippen molar-refractivity contribution in [1.29, 1.82) is 0 Å². The number of carbonyl (C=O) groups is 1. The molecule has 0 bridgehead atoms. The first-order valence-corrected chi connectivity index (χ1v) is 10.6. The Bertz CT molecular complexity index is 861. The van der Waals surface area contributed by atoms with Gasteiger partial charge in [-0.3, -0.25) is 4.79 Å². The largest absolute Gasteiger partial charge is 0.347 e. The summed E-state index contributed by atoms with van der Waals surface area (Å²) in [6.45, 7) is 5.43. The van der Waals surface area contributed by atoms with E-state index in [1.807, 2.05) is 32.0 Å². The number of nitrogens with zero attached hydrogens (tertiary/aromatic N) is 1. The normalized spacial score (nSPS) is 15.4. The van der Waals surface area contributed by atoms with Crippen LogP contribution in [0.5, 0.6) is 0 Å². The second-order valence-electron chi connectivity index (χ2n) is 6.39. The average molecular weight is 379 g/mol. The van der Waals surface area contributed by atoms with E-state index in [2.05, 4.69) is 5.32 Å². The zero-order valence-electron chi connectivity index (χ0n) is 14.4. The standard InChI is InChI=1S/C18H22N2O3S2/c1-13-9-14(2)11-15(10-13)18(21)19-12-16-5-6-17(24-16)25(22,23)20-7-3-4-8-20/h5-6,9-11H,3-4,7-8,12H2,1-2H3,(H,19,21). The van der Waals surface area contributed by atoms with E-state index in [-0.39, 0.29) is 5.91 Å². The van der Waals surface area contributed by atoms with Crippen LogP contribution in [0.15, 0.2) is 34.5 Å². The van der Waals surface area contributed by atoms with Gasteiger partial charge in [0, 0.05) is 23.5 Å². The number of amides is 1. The molecule has 1 aliphatic rings. The Hall–Kier alpha value is -1.70. The van der Waals surface area contributed by atoms with Gasteiger partial charge in [0.2, 0.25) is 0 Å². The lowest BCUT2D eigenvalue weighted by atomic mass is 10.1. The molecular formula is C18H22N2O3S2. The number of sulfonamides is 1. The zero-order chi connectivity index (χ0) is 18.0. The van der Waals surface area contributed by atoms with Crippen LogP contribution in [0.2, 0.25) is 0 Å². The maximum absolute atomic E-state index is 12.5. The van der Waals surface area contributed by atoms with Gasteiger partial charge in [0.05, 0.1) is 6.54 Å². The Labute approximate surface area is 152 Å². The van der Waals surface area contributed by atoms with E-state index >= 15 is 0 Å². The maximum Gasteiger partial charge on any atom is 0.252 e. The molecule has 2 aromatic rings. The molecule has 0 spiro atoms. The Balaban J connectivity index is 1.66. The van der Waals surface area contributed by atoms with Crippen LogP contribution >= 0.6 is 11.3 Å². The first-order valence-electron chi connectivity index (χ1n) is 8.31. The van der Waals surface area contributed by atoms with Crippen LogP contribution in [0.25, 0.3) is 0 Å². The Morgan fingerprint density at radius 3 is 2.40 bits per heavy atom. The lowest BCUT2D eigenvalue weighted by Gasteiger charge is -2.13. The van der Waals surface area contributed by atoms with Crippen LogP contribution < -0.4 is 5.32 Å². The van der Waals surface area contributed by atoms with Crippen molar-refractivity contribution in [2.45, 2.75) is 37.4 Å². The highest BCUT2D eigenvalue weighted by molar-refractivity contribution is 7.91. The Kier molecular flexibility index (Phi) is 5.27. The third-order valence-corrected chi connectivity index (χ3v) is 7.65. The minimum atomic E-state index is -3.38. The molecule has 0 aliphatic carbocycles. The van der Waals surface area contributed by atoms with E-state index in [1.54, 1.807) is 12.1 Å². The average Bonchev–Trinajstić information content (AvgIpc) is 3.23. The van der Waals surface area contributed by atoms with Crippen molar-refractivity contribution in [1.82, 2.24) is 9.62 Å². The van der Waals surface area contributed by atoms with Gasteiger partial charge in [-0.1, -0.05) is 17.2 Å². The van der Waals surface area contributed by atoms with Gasteiger partial charge in [-0.2, -0.15) is 4.31 Å². The van der Waals surface area contributed by atoms with Gasteiger partial charge in [-0.15, -0.1) is 11.3 Å². The van der Waals surface area contributed by atoms with Crippen LogP contribution in [0.4, 0.5) is 0 Å². The molecule has 1 N–H and O–H groups in total. The molecule has 1 amide bonds. The molecule has 1 saturated heterocycles. The summed E-state index contributed by atoms with van der Waals surface area (Å²) in [5.74, 6) is -0.149. The summed E-state index contributed by atoms with van der Waals surface area (Å²) in [6.07, 6.45) is 1.84. The van der Waals surface area contributed by atoms with Crippen LogP contribution in [-0.4, -0.2) is 31.7 Å². The summed E-state index contributed by atoms with van der Waals surface area (Å²) in [5, 5.41) is 2.87. The van der Waals surface area contributed by atoms with Crippen molar-refractivity contribution in [3.63, 3.8) is 0 Å². The molecule has 1 aromatic heterocycles. The zero-order valence-corrected chi connectivity index (χ0v) is 16.0. The van der Waals surface area contributed by atoms with Crippen LogP contribution in [0.1, 0.15) is 39.2 Å². The molecule has 1 aliphatic heterocycles. The summed E-state index contributed by atoms with van der Waals surface area (Å²) < 4.78 is 27.0. The number of aryl methyl sites for hydroxylation is 2. The highest BCUT2D eigenvalue weighted by Gasteiger charge is 2.28. The van der Waals surface area contributed by atoms with Crippen molar-refractivity contribution in [3.05, 3.63) is 51.9 Å². The van der Waals surface area contributed by atoms with E-state index in [9.17, 15) is 13.2 Å². The molecule has 7 heteroatoms. The van der Waals surface area contributed by atoms with Crippen molar-refractivity contribution in [2.24, 2.45) is 0 Å². The first-order chi connectivity index (χ1) is 11.9. The van der Waals surface area contributed by atoms with Crippen molar-refractivity contribution >= 4 is 27.3 Å². The first kappa shape index (κ1) is 18.1. The number of thiophene rings is 1. The molecular weight excluding hydrogens is 356 g/mol. The smallest absolute Gasteiger partial charge is 0.252 e. The molecule has 0 radical (unpaired) electrons. The van der Waals surface area contributed by atoms with Gasteiger partial charge in [-0.05, 0) is 51.0 Å². The third-order valence-electron chi connectivity index (χ3n) is 4.20. The lowest BCUT2D eigenvalue weighted by molar-refractivity contribution is 0.0951. The number of hydrogen-bond donors (Lipinski definition) is 1. The second kappa shape index (κ2) is 7.27. The van der Waals surface area contributed by atoms with Gasteiger partial charge in [0.25, 0.3) is 15.9 Å². The van der Waals surface area contributed by atoms with E-state index in [1.165, 1.54) is 15.6 Å². The SMILES string of the molecule is Cc1cc(C)cc(C(=O)NCc2ccc(S(=O)(=O)N3CCCC3)s2)c1. The topological polar surface area (TPSA) is 66.5 Å². The third kappa shape index (κ3) is 4.11. The molecule has 1 fully saturated rings. The van der Waals surface area contributed by atoms with Gasteiger partial charge >= 0.3 is 0 Å². The maximum atomic E-state index is 12.5. The van der Waals surface area contributed by atoms with Crippen LogP contribution in [-0.2, 0) is 16.6 Å². The fraction of sp³-hybridized carbons (Fsp3) is 0.389. The summed E-state index contributed by atoms with van der Waals surface area (Å²) in [4.78, 5) is 13.1. The summed E-state index contributed by atoms with van der Waals surface area (Å²) in [7, 11) is -3.38. The van der Waals surface area contributed by atoms with Gasteiger partial charge in [0.1, 0.15) is 4.21 Å². The minimum Gasteiger partial charge on any atom is -0.347 e. The molecule has 25 heavy (non-hydrogen) atoms. The van der Waals surface area contributed by atoms with Crippen molar-refractivity contribution in [3.8, 4) is 0 Å². The summed E-state index contributed by atoms with van der Waals surface area (Å²) in [5.41, 5.74) is 2.71. The quantitative estimate of drug-likeness (QED) is 0.869. The molecule has 0 saturated carbocycles. The Morgan fingerprint density at radius 2 is 1.76 bits per heavy atom. The molecule has 2 heterocycles. The fourth-order valence-corrected chi connectivity index (χ4v) is 5.99. The molecule has 0 unspecified atom stereocenters. The monoisotopic (exact) mass is 378 g/mol. The minimum absolute atomic E-state index is 0.149. The van der Waals surface area contributed by atoms with Crippen LogP contribution in [0.3, 0.4) is 0 Å². The number of nitrogens with one attached hydrogen (secondary N) is 1. The molecule has 0 atom stereocenters. The highest BCUT2D eigenvalue weighted by atomic mass is 32.2. The van der Waals surface area contributed by atoms with E-state index in [0.29, 0.717) is 29.4 Å². The number of carbonyl (C=O) groups excluding carboxylic acids is 1. The van der Waals surface area contributed by atoms with Crippen molar-refractivity contribution in [2.75, 3.05) is 13.1 Å². The summed E-state index contributed by atoms with van der Waals surface area (Å²) >= 11 is 1.23. The predicted octanol–water partition coefficient (Wildman–Crippen LogP) is 3.08. The second-order valence-corrected chi connectivity index (χ2v) is 9.72. The molecule has 3 rings (SSSR count). The molecule has 134 valence electrons. The number of hydrogen-bond acceptors (Lipinski definition) is 4. The lowest BCUT2D eigenvalue weighted by Crippen LogP contribution is -2.27. The number of benzene rings is 1. The van der Waals surface area contributed by atoms with Gasteiger partial charge in [0.15, 0.2) is 0 Å². The van der Waals surface area contributed by atoms with E-state index in [0.717, 1.165) is 28.8 Å². The fourth-order valence-electron chi connectivity index (χ4n) is 3.02. The van der Waals surface area contributed by atoms with Crippen LogP contribution in [0, 0.1) is 13.8 Å². The van der Waals surface area contributed by atoms with Gasteiger partial charge < -0.3 is 5.32 Å². The summed E-state index contributed by atoms with van der Waals surface area (Å²) in [6, 6.07) is 9.12. The van der Waals surface area contributed by atoms with Gasteiger partial charge in [-0.25, -0.2) is 8.42 Å². The number of rotatable bonds is 5. The predicted molar refractivity (Wildman–Crippen MR) is 99.4 cm³/mol. The van der Waals surface area contributed by atoms with E-state index in [4.69, 9.17) is 0 Å². The van der Waals surface area contributed by atoms with Crippen molar-refractivity contribution < 1.29 is 13.2 Å². The highest BCUT2D eigenvalue weighted by Crippen LogP contribution is 2.27. The molecule has 5 nitrogen and oxygen atoms in total.